The van der Waals surface area contributed by atoms with E-state index in [4.69, 9.17) is 9.44 Å². The molecule has 0 aliphatic carbocycles. The van der Waals surface area contributed by atoms with Crippen molar-refractivity contribution in [3.63, 3.8) is 0 Å². The van der Waals surface area contributed by atoms with Gasteiger partial charge in [-0.15, -0.1) is 0 Å². The number of nitriles is 1. The van der Waals surface area contributed by atoms with Crippen LogP contribution in [0.2, 0.25) is 0 Å². The second kappa shape index (κ2) is 5.60. The number of non-ortho nitro benzene ring substituents is 1. The molecule has 106 valence electrons. The Balaban J connectivity index is 2.30. The number of hydrogen-bond donors (Lipinski definition) is 0. The molecular formula is C13H8N2O5S. The number of hydrogen-bond acceptors (Lipinski definition) is 6. The largest absolute Gasteiger partial charge is 0.379 e. The van der Waals surface area contributed by atoms with Crippen molar-refractivity contribution >= 4 is 15.8 Å². The monoisotopic (exact) mass is 304 g/mol. The van der Waals surface area contributed by atoms with Crippen molar-refractivity contribution in [2.45, 2.75) is 4.90 Å². The van der Waals surface area contributed by atoms with Crippen molar-refractivity contribution in [2.24, 2.45) is 0 Å². The molecule has 0 aliphatic heterocycles. The zero-order chi connectivity index (χ0) is 15.5. The molecule has 2 aromatic rings. The molecule has 2 aromatic carbocycles. The van der Waals surface area contributed by atoms with Gasteiger partial charge in [-0.1, -0.05) is 6.07 Å². The van der Waals surface area contributed by atoms with E-state index in [1.165, 1.54) is 42.5 Å². The Bertz CT molecular complexity index is 822. The van der Waals surface area contributed by atoms with Gasteiger partial charge in [-0.05, 0) is 30.3 Å². The first-order valence-electron chi connectivity index (χ1n) is 5.61. The standard InChI is InChI=1S/C13H8N2O5S/c14-9-10-4-6-13(7-5-10)21(18,19)20-12-3-1-2-11(8-12)15(16)17/h1-8H. The van der Waals surface area contributed by atoms with Gasteiger partial charge < -0.3 is 4.18 Å². The zero-order valence-corrected chi connectivity index (χ0v) is 11.3. The lowest BCUT2D eigenvalue weighted by Gasteiger charge is -2.06. The third-order valence-corrected chi connectivity index (χ3v) is 3.77. The predicted octanol–water partition coefficient (Wildman–Crippen LogP) is 2.23. The molecule has 0 fully saturated rings. The van der Waals surface area contributed by atoms with E-state index in [1.54, 1.807) is 0 Å². The van der Waals surface area contributed by atoms with Crippen LogP contribution in [0.15, 0.2) is 53.4 Å². The Morgan fingerprint density at radius 1 is 1.14 bits per heavy atom. The molecular weight excluding hydrogens is 296 g/mol. The third-order valence-electron chi connectivity index (χ3n) is 2.51. The zero-order valence-electron chi connectivity index (χ0n) is 10.5. The first-order valence-corrected chi connectivity index (χ1v) is 7.02. The van der Waals surface area contributed by atoms with Crippen LogP contribution in [-0.2, 0) is 10.1 Å². The molecule has 0 radical (unpaired) electrons. The molecule has 0 unspecified atom stereocenters. The fraction of sp³-hybridized carbons (Fsp3) is 0. The second-order valence-corrected chi connectivity index (χ2v) is 5.47. The summed E-state index contributed by atoms with van der Waals surface area (Å²) in [7, 11) is -4.11. The lowest BCUT2D eigenvalue weighted by atomic mass is 10.2. The summed E-state index contributed by atoms with van der Waals surface area (Å²) in [6, 6.07) is 11.9. The van der Waals surface area contributed by atoms with Crippen LogP contribution in [0, 0.1) is 21.4 Å². The van der Waals surface area contributed by atoms with E-state index in [1.807, 2.05) is 6.07 Å². The summed E-state index contributed by atoms with van der Waals surface area (Å²) in [6.07, 6.45) is 0. The normalized spacial score (nSPS) is 10.6. The smallest absolute Gasteiger partial charge is 0.339 e. The highest BCUT2D eigenvalue weighted by atomic mass is 32.2. The lowest BCUT2D eigenvalue weighted by Crippen LogP contribution is -2.09. The molecule has 0 amide bonds. The highest BCUT2D eigenvalue weighted by Gasteiger charge is 2.18. The van der Waals surface area contributed by atoms with E-state index in [0.717, 1.165) is 6.07 Å². The Morgan fingerprint density at radius 3 is 2.38 bits per heavy atom. The van der Waals surface area contributed by atoms with Gasteiger partial charge in [0, 0.05) is 6.07 Å². The third kappa shape index (κ3) is 3.34. The van der Waals surface area contributed by atoms with Gasteiger partial charge in [-0.3, -0.25) is 10.1 Å². The van der Waals surface area contributed by atoms with E-state index >= 15 is 0 Å². The minimum atomic E-state index is -4.11. The van der Waals surface area contributed by atoms with Gasteiger partial charge in [0.15, 0.2) is 0 Å². The first kappa shape index (κ1) is 14.5. The SMILES string of the molecule is N#Cc1ccc(S(=O)(=O)Oc2cccc([N+](=O)[O-])c2)cc1. The number of rotatable bonds is 4. The Kier molecular flexibility index (Phi) is 3.86. The molecule has 0 heterocycles. The average Bonchev–Trinajstić information content (AvgIpc) is 2.47. The van der Waals surface area contributed by atoms with Crippen molar-refractivity contribution in [1.29, 1.82) is 5.26 Å². The maximum Gasteiger partial charge on any atom is 0.339 e. The highest BCUT2D eigenvalue weighted by molar-refractivity contribution is 7.87. The molecule has 0 saturated heterocycles. The van der Waals surface area contributed by atoms with E-state index in [-0.39, 0.29) is 16.3 Å². The van der Waals surface area contributed by atoms with Gasteiger partial charge in [0.1, 0.15) is 10.6 Å². The van der Waals surface area contributed by atoms with Gasteiger partial charge in [-0.25, -0.2) is 0 Å². The molecule has 0 spiro atoms. The van der Waals surface area contributed by atoms with Gasteiger partial charge in [0.2, 0.25) is 0 Å². The molecule has 0 aliphatic rings. The van der Waals surface area contributed by atoms with Crippen molar-refractivity contribution in [2.75, 3.05) is 0 Å². The second-order valence-electron chi connectivity index (χ2n) is 3.93. The van der Waals surface area contributed by atoms with Crippen LogP contribution >= 0.6 is 0 Å². The predicted molar refractivity (Wildman–Crippen MR) is 72.1 cm³/mol. The summed E-state index contributed by atoms with van der Waals surface area (Å²) < 4.78 is 28.9. The molecule has 0 bridgehead atoms. The molecule has 0 N–H and O–H groups in total. The maximum atomic E-state index is 12.0. The summed E-state index contributed by atoms with van der Waals surface area (Å²) in [4.78, 5) is 9.83. The minimum absolute atomic E-state index is 0.145. The van der Waals surface area contributed by atoms with Gasteiger partial charge in [-0.2, -0.15) is 13.7 Å². The molecule has 7 nitrogen and oxygen atoms in total. The topological polar surface area (TPSA) is 110 Å². The summed E-state index contributed by atoms with van der Waals surface area (Å²) in [6.45, 7) is 0. The van der Waals surface area contributed by atoms with Crippen molar-refractivity contribution < 1.29 is 17.5 Å². The van der Waals surface area contributed by atoms with E-state index in [2.05, 4.69) is 0 Å². The van der Waals surface area contributed by atoms with Crippen LogP contribution in [0.25, 0.3) is 0 Å². The molecule has 2 rings (SSSR count). The van der Waals surface area contributed by atoms with Gasteiger partial charge in [0.05, 0.1) is 22.6 Å². The van der Waals surface area contributed by atoms with Crippen LogP contribution in [0.1, 0.15) is 5.56 Å². The minimum Gasteiger partial charge on any atom is -0.379 e. The molecule has 8 heteroatoms. The Morgan fingerprint density at radius 2 is 1.81 bits per heavy atom. The fourth-order valence-electron chi connectivity index (χ4n) is 1.52. The number of benzene rings is 2. The van der Waals surface area contributed by atoms with Crippen molar-refractivity contribution in [3.05, 3.63) is 64.2 Å². The Labute approximate surface area is 120 Å². The van der Waals surface area contributed by atoms with Gasteiger partial charge in [0.25, 0.3) is 5.69 Å². The van der Waals surface area contributed by atoms with E-state index in [0.29, 0.717) is 5.56 Å². The summed E-state index contributed by atoms with van der Waals surface area (Å²) in [5.41, 5.74) is 0.0341. The van der Waals surface area contributed by atoms with E-state index in [9.17, 15) is 18.5 Å². The molecule has 0 atom stereocenters. The first-order chi connectivity index (χ1) is 9.92. The average molecular weight is 304 g/mol. The summed E-state index contributed by atoms with van der Waals surface area (Å²) in [5, 5.41) is 19.3. The molecule has 0 aromatic heterocycles. The number of nitro benzene ring substituents is 1. The maximum absolute atomic E-state index is 12.0. The van der Waals surface area contributed by atoms with Crippen LogP contribution in [0.3, 0.4) is 0 Å². The van der Waals surface area contributed by atoms with Gasteiger partial charge >= 0.3 is 10.1 Å². The molecule has 21 heavy (non-hydrogen) atoms. The summed E-state index contributed by atoms with van der Waals surface area (Å²) >= 11 is 0. The van der Waals surface area contributed by atoms with Crippen LogP contribution in [-0.4, -0.2) is 13.3 Å². The lowest BCUT2D eigenvalue weighted by molar-refractivity contribution is -0.384. The van der Waals surface area contributed by atoms with Crippen molar-refractivity contribution in [3.8, 4) is 11.8 Å². The number of nitro groups is 1. The van der Waals surface area contributed by atoms with Crippen LogP contribution in [0.4, 0.5) is 5.69 Å². The fourth-order valence-corrected chi connectivity index (χ4v) is 2.44. The highest BCUT2D eigenvalue weighted by Crippen LogP contribution is 2.23. The number of nitrogens with zero attached hydrogens (tertiary/aromatic N) is 2. The van der Waals surface area contributed by atoms with Crippen molar-refractivity contribution in [1.82, 2.24) is 0 Å². The Hall–Kier alpha value is -2.92. The summed E-state index contributed by atoms with van der Waals surface area (Å²) in [5.74, 6) is -0.159. The van der Waals surface area contributed by atoms with E-state index < -0.39 is 15.0 Å². The van der Waals surface area contributed by atoms with Crippen LogP contribution < -0.4 is 4.18 Å². The van der Waals surface area contributed by atoms with Crippen LogP contribution in [0.5, 0.6) is 5.75 Å². The molecule has 0 saturated carbocycles. The quantitative estimate of drug-likeness (QED) is 0.486.